The second kappa shape index (κ2) is 6.43. The van der Waals surface area contributed by atoms with Gasteiger partial charge in [0.25, 0.3) is 0 Å². The maximum absolute atomic E-state index is 13.3. The molecule has 0 aromatic heterocycles. The topological polar surface area (TPSA) is 59.1 Å². The Kier molecular flexibility index (Phi) is 4.23. The van der Waals surface area contributed by atoms with Crippen molar-refractivity contribution in [3.05, 3.63) is 42.5 Å². The minimum atomic E-state index is -0.758. The van der Waals surface area contributed by atoms with E-state index in [1.165, 1.54) is 0 Å². The molecular formula is C20H24N2O4. The van der Waals surface area contributed by atoms with Gasteiger partial charge < -0.3 is 19.3 Å². The normalized spacial score (nSPS) is 30.4. The quantitative estimate of drug-likeness (QED) is 0.612. The summed E-state index contributed by atoms with van der Waals surface area (Å²) in [6.45, 7) is 8.16. The lowest BCUT2D eigenvalue weighted by Crippen LogP contribution is -2.65. The van der Waals surface area contributed by atoms with Crippen LogP contribution in [-0.2, 0) is 14.3 Å². The average Bonchev–Trinajstić information content (AvgIpc) is 2.65. The molecule has 1 aromatic carbocycles. The zero-order valence-corrected chi connectivity index (χ0v) is 15.0. The molecule has 0 spiro atoms. The number of benzene rings is 1. The van der Waals surface area contributed by atoms with E-state index in [1.807, 2.05) is 31.2 Å². The zero-order valence-electron chi connectivity index (χ0n) is 15.0. The van der Waals surface area contributed by atoms with E-state index < -0.39 is 11.6 Å². The van der Waals surface area contributed by atoms with Gasteiger partial charge in [0.2, 0.25) is 11.8 Å². The van der Waals surface area contributed by atoms with E-state index in [2.05, 4.69) is 6.58 Å². The summed E-state index contributed by atoms with van der Waals surface area (Å²) < 4.78 is 11.6. The van der Waals surface area contributed by atoms with E-state index in [0.717, 1.165) is 11.3 Å². The summed E-state index contributed by atoms with van der Waals surface area (Å²) >= 11 is 0. The largest absolute Gasteiger partial charge is 0.468 e. The van der Waals surface area contributed by atoms with Gasteiger partial charge in [-0.3, -0.25) is 9.59 Å². The van der Waals surface area contributed by atoms with Gasteiger partial charge in [0, 0.05) is 32.0 Å². The van der Waals surface area contributed by atoms with Crippen LogP contribution in [0.3, 0.4) is 0 Å². The van der Waals surface area contributed by atoms with Gasteiger partial charge in [-0.25, -0.2) is 0 Å². The lowest BCUT2D eigenvalue weighted by molar-refractivity contribution is -0.177. The number of piperidine rings is 1. The fourth-order valence-electron chi connectivity index (χ4n) is 4.38. The van der Waals surface area contributed by atoms with Crippen molar-refractivity contribution in [2.75, 3.05) is 32.8 Å². The second-order valence-corrected chi connectivity index (χ2v) is 7.28. The second-order valence-electron chi connectivity index (χ2n) is 7.28. The maximum atomic E-state index is 13.3. The monoisotopic (exact) mass is 356 g/mol. The SMILES string of the molecule is C=CCN1C(=O)[C@@H](C(=O)N2CCOCC2)[C@@H]2C[C@]1(C)Oc1ccccc12. The molecule has 3 heterocycles. The first-order valence-electron chi connectivity index (χ1n) is 9.12. The summed E-state index contributed by atoms with van der Waals surface area (Å²) in [5, 5.41) is 0. The van der Waals surface area contributed by atoms with Crippen LogP contribution in [-0.4, -0.2) is 60.2 Å². The number of amides is 2. The molecule has 2 fully saturated rings. The fraction of sp³-hybridized carbons (Fsp3) is 0.500. The van der Waals surface area contributed by atoms with Gasteiger partial charge in [-0.2, -0.15) is 0 Å². The van der Waals surface area contributed by atoms with Crippen LogP contribution >= 0.6 is 0 Å². The first-order valence-corrected chi connectivity index (χ1v) is 9.12. The van der Waals surface area contributed by atoms with Crippen LogP contribution in [0.15, 0.2) is 36.9 Å². The molecule has 0 aliphatic carbocycles. The Labute approximate surface area is 153 Å². The number of hydrogen-bond donors (Lipinski definition) is 0. The first-order chi connectivity index (χ1) is 12.5. The number of carbonyl (C=O) groups excluding carboxylic acids is 2. The summed E-state index contributed by atoms with van der Waals surface area (Å²) in [5.41, 5.74) is 0.190. The van der Waals surface area contributed by atoms with E-state index in [1.54, 1.807) is 15.9 Å². The zero-order chi connectivity index (χ0) is 18.3. The minimum absolute atomic E-state index is 0.101. The molecule has 6 heteroatoms. The van der Waals surface area contributed by atoms with Crippen molar-refractivity contribution < 1.29 is 19.1 Å². The van der Waals surface area contributed by atoms with Crippen molar-refractivity contribution in [1.82, 2.24) is 9.80 Å². The van der Waals surface area contributed by atoms with Crippen LogP contribution in [0.25, 0.3) is 0 Å². The average molecular weight is 356 g/mol. The fourth-order valence-corrected chi connectivity index (χ4v) is 4.38. The van der Waals surface area contributed by atoms with Crippen LogP contribution in [0.5, 0.6) is 5.75 Å². The summed E-state index contributed by atoms with van der Waals surface area (Å²) in [5.74, 6) is -0.404. The Hall–Kier alpha value is -2.34. The number of morpholine rings is 1. The summed E-state index contributed by atoms with van der Waals surface area (Å²) in [4.78, 5) is 30.1. The van der Waals surface area contributed by atoms with Crippen LogP contribution in [0.1, 0.15) is 24.8 Å². The Morgan fingerprint density at radius 2 is 2.08 bits per heavy atom. The van der Waals surface area contributed by atoms with E-state index >= 15 is 0 Å². The predicted molar refractivity (Wildman–Crippen MR) is 95.6 cm³/mol. The number of likely N-dealkylation sites (tertiary alicyclic amines) is 1. The molecular weight excluding hydrogens is 332 g/mol. The van der Waals surface area contributed by atoms with Gasteiger partial charge in [-0.1, -0.05) is 24.3 Å². The number of carbonyl (C=O) groups is 2. The Morgan fingerprint density at radius 1 is 1.35 bits per heavy atom. The molecule has 26 heavy (non-hydrogen) atoms. The van der Waals surface area contributed by atoms with Crippen LogP contribution in [0.2, 0.25) is 0 Å². The van der Waals surface area contributed by atoms with Gasteiger partial charge in [-0.05, 0) is 18.6 Å². The Balaban J connectivity index is 1.76. The minimum Gasteiger partial charge on any atom is -0.468 e. The van der Waals surface area contributed by atoms with Crippen LogP contribution in [0, 0.1) is 5.92 Å². The highest BCUT2D eigenvalue weighted by molar-refractivity contribution is 6.02. The molecule has 1 aromatic rings. The molecule has 2 amide bonds. The molecule has 3 atom stereocenters. The number of rotatable bonds is 3. The third-order valence-electron chi connectivity index (χ3n) is 5.65. The maximum Gasteiger partial charge on any atom is 0.239 e. The summed E-state index contributed by atoms with van der Waals surface area (Å²) in [6.07, 6.45) is 2.29. The van der Waals surface area contributed by atoms with Crippen molar-refractivity contribution in [3.63, 3.8) is 0 Å². The lowest BCUT2D eigenvalue weighted by atomic mass is 9.73. The highest BCUT2D eigenvalue weighted by Crippen LogP contribution is 2.50. The van der Waals surface area contributed by atoms with E-state index in [0.29, 0.717) is 39.3 Å². The van der Waals surface area contributed by atoms with E-state index in [-0.39, 0.29) is 17.7 Å². The van der Waals surface area contributed by atoms with Crippen LogP contribution in [0.4, 0.5) is 0 Å². The third-order valence-corrected chi connectivity index (χ3v) is 5.65. The molecule has 0 N–H and O–H groups in total. The molecule has 138 valence electrons. The smallest absolute Gasteiger partial charge is 0.239 e. The number of fused-ring (bicyclic) bond motifs is 4. The highest BCUT2D eigenvalue weighted by Gasteiger charge is 2.56. The van der Waals surface area contributed by atoms with E-state index in [4.69, 9.17) is 9.47 Å². The van der Waals surface area contributed by atoms with Crippen molar-refractivity contribution in [1.29, 1.82) is 0 Å². The molecule has 4 rings (SSSR count). The number of ether oxygens (including phenoxy) is 2. The van der Waals surface area contributed by atoms with Crippen LogP contribution < -0.4 is 4.74 Å². The van der Waals surface area contributed by atoms with Crippen molar-refractivity contribution in [3.8, 4) is 5.75 Å². The van der Waals surface area contributed by atoms with Gasteiger partial charge in [-0.15, -0.1) is 6.58 Å². The highest BCUT2D eigenvalue weighted by atomic mass is 16.5. The Bertz CT molecular complexity index is 743. The molecule has 2 bridgehead atoms. The number of hydrogen-bond acceptors (Lipinski definition) is 4. The molecule has 3 aliphatic rings. The molecule has 2 saturated heterocycles. The number of para-hydroxylation sites is 1. The lowest BCUT2D eigenvalue weighted by Gasteiger charge is -2.53. The van der Waals surface area contributed by atoms with Gasteiger partial charge in [0.1, 0.15) is 11.7 Å². The summed E-state index contributed by atoms with van der Waals surface area (Å²) in [7, 11) is 0. The van der Waals surface area contributed by atoms with E-state index in [9.17, 15) is 9.59 Å². The molecule has 0 unspecified atom stereocenters. The van der Waals surface area contributed by atoms with Gasteiger partial charge in [0.15, 0.2) is 5.72 Å². The first kappa shape index (κ1) is 17.1. The third kappa shape index (κ3) is 2.60. The molecule has 6 nitrogen and oxygen atoms in total. The molecule has 3 aliphatic heterocycles. The predicted octanol–water partition coefficient (Wildman–Crippen LogP) is 1.77. The van der Waals surface area contributed by atoms with Crippen molar-refractivity contribution >= 4 is 11.8 Å². The van der Waals surface area contributed by atoms with Crippen molar-refractivity contribution in [2.45, 2.75) is 25.0 Å². The molecule has 0 saturated carbocycles. The number of nitrogens with zero attached hydrogens (tertiary/aromatic N) is 2. The Morgan fingerprint density at radius 3 is 2.81 bits per heavy atom. The van der Waals surface area contributed by atoms with Gasteiger partial charge in [0.05, 0.1) is 13.2 Å². The summed E-state index contributed by atoms with van der Waals surface area (Å²) in [6, 6.07) is 7.73. The van der Waals surface area contributed by atoms with Crippen molar-refractivity contribution in [2.24, 2.45) is 5.92 Å². The standard InChI is InChI=1S/C20H24N2O4/c1-3-8-22-19(24)17(18(23)21-9-11-25-12-10-21)15-13-20(22,2)26-16-7-5-4-6-14(15)16/h3-7,15,17H,1,8-13H2,2H3/t15-,17-,20+/m1/s1. The molecule has 0 radical (unpaired) electrons. The van der Waals surface area contributed by atoms with Gasteiger partial charge >= 0.3 is 0 Å².